The maximum atomic E-state index is 8.89. The lowest BCUT2D eigenvalue weighted by Crippen LogP contribution is -2.46. The van der Waals surface area contributed by atoms with Crippen LogP contribution in [0.1, 0.15) is 22.0 Å². The molecule has 0 aliphatic carbocycles. The molecule has 1 aromatic heterocycles. The van der Waals surface area contributed by atoms with Gasteiger partial charge in [-0.3, -0.25) is 9.89 Å². The molecule has 2 N–H and O–H groups in total. The molecular weight excluding hydrogens is 358 g/mol. The largest absolute Gasteiger partial charge is 0.379 e. The molecule has 1 aliphatic heterocycles. The van der Waals surface area contributed by atoms with Gasteiger partial charge in [0.1, 0.15) is 0 Å². The van der Waals surface area contributed by atoms with Gasteiger partial charge in [-0.05, 0) is 29.1 Å². The van der Waals surface area contributed by atoms with Crippen molar-refractivity contribution in [1.29, 1.82) is 5.26 Å². The standard InChI is InChI=1S/C20H25N5OS/c1-22-20(23-14-17-6-4-16(13-21)5-7-17)24-15-18(19-3-2-12-27-19)25-8-10-26-11-9-25/h2-7,12,18H,8-11,14-15H2,1H3,(H2,22,23,24). The number of thiophene rings is 1. The summed E-state index contributed by atoms with van der Waals surface area (Å²) in [6.45, 7) is 4.91. The minimum absolute atomic E-state index is 0.308. The normalized spacial score (nSPS) is 16.5. The van der Waals surface area contributed by atoms with Crippen LogP contribution in [0.4, 0.5) is 0 Å². The van der Waals surface area contributed by atoms with Crippen molar-refractivity contribution in [3.05, 3.63) is 57.8 Å². The number of hydrogen-bond acceptors (Lipinski definition) is 5. The first-order chi connectivity index (χ1) is 13.3. The number of rotatable bonds is 6. The van der Waals surface area contributed by atoms with Crippen LogP contribution in [0, 0.1) is 11.3 Å². The second-order valence-corrected chi connectivity index (χ2v) is 7.27. The van der Waals surface area contributed by atoms with Crippen molar-refractivity contribution < 1.29 is 4.74 Å². The van der Waals surface area contributed by atoms with Crippen LogP contribution in [-0.2, 0) is 11.3 Å². The number of benzene rings is 1. The van der Waals surface area contributed by atoms with E-state index in [4.69, 9.17) is 10.00 Å². The Bertz CT molecular complexity index is 761. The molecule has 0 amide bonds. The lowest BCUT2D eigenvalue weighted by molar-refractivity contribution is 0.0177. The topological polar surface area (TPSA) is 72.7 Å². The first-order valence-electron chi connectivity index (χ1n) is 9.09. The van der Waals surface area contributed by atoms with Crippen molar-refractivity contribution in [2.24, 2.45) is 4.99 Å². The van der Waals surface area contributed by atoms with Crippen molar-refractivity contribution >= 4 is 17.3 Å². The Balaban J connectivity index is 1.56. The van der Waals surface area contributed by atoms with Gasteiger partial charge in [-0.2, -0.15) is 5.26 Å². The zero-order valence-electron chi connectivity index (χ0n) is 15.5. The van der Waals surface area contributed by atoms with Crippen molar-refractivity contribution in [2.75, 3.05) is 39.9 Å². The number of aliphatic imine (C=N–C) groups is 1. The smallest absolute Gasteiger partial charge is 0.191 e. The van der Waals surface area contributed by atoms with E-state index in [9.17, 15) is 0 Å². The van der Waals surface area contributed by atoms with E-state index in [1.54, 1.807) is 18.4 Å². The molecule has 0 bridgehead atoms. The van der Waals surface area contributed by atoms with E-state index in [-0.39, 0.29) is 0 Å². The molecule has 1 saturated heterocycles. The highest BCUT2D eigenvalue weighted by atomic mass is 32.1. The molecule has 1 unspecified atom stereocenters. The molecule has 1 fully saturated rings. The molecule has 6 nitrogen and oxygen atoms in total. The average molecular weight is 384 g/mol. The van der Waals surface area contributed by atoms with E-state index in [2.05, 4.69) is 44.1 Å². The minimum Gasteiger partial charge on any atom is -0.379 e. The molecule has 2 aromatic rings. The quantitative estimate of drug-likeness (QED) is 0.592. The maximum absolute atomic E-state index is 8.89. The Morgan fingerprint density at radius 3 is 2.67 bits per heavy atom. The Labute approximate surface area is 164 Å². The summed E-state index contributed by atoms with van der Waals surface area (Å²) in [5.41, 5.74) is 1.78. The molecule has 7 heteroatoms. The lowest BCUT2D eigenvalue weighted by atomic mass is 10.1. The Hall–Kier alpha value is -2.40. The molecule has 2 heterocycles. The predicted molar refractivity (Wildman–Crippen MR) is 109 cm³/mol. The highest BCUT2D eigenvalue weighted by molar-refractivity contribution is 7.10. The highest BCUT2D eigenvalue weighted by Crippen LogP contribution is 2.25. The molecule has 1 aliphatic rings. The SMILES string of the molecule is CN=C(NCc1ccc(C#N)cc1)NCC(c1cccs1)N1CCOCC1. The fourth-order valence-electron chi connectivity index (χ4n) is 3.08. The third-order valence-electron chi connectivity index (χ3n) is 4.59. The van der Waals surface area contributed by atoms with Gasteiger partial charge in [0.05, 0.1) is 30.9 Å². The van der Waals surface area contributed by atoms with Crippen LogP contribution in [0.15, 0.2) is 46.8 Å². The van der Waals surface area contributed by atoms with Crippen LogP contribution < -0.4 is 10.6 Å². The number of morpholine rings is 1. The molecule has 0 radical (unpaired) electrons. The molecule has 1 aromatic carbocycles. The second-order valence-electron chi connectivity index (χ2n) is 6.29. The van der Waals surface area contributed by atoms with E-state index in [1.165, 1.54) is 4.88 Å². The number of guanidine groups is 1. The number of nitrogens with zero attached hydrogens (tertiary/aromatic N) is 3. The fourth-order valence-corrected chi connectivity index (χ4v) is 3.94. The maximum Gasteiger partial charge on any atom is 0.191 e. The zero-order chi connectivity index (χ0) is 18.9. The number of nitriles is 1. The summed E-state index contributed by atoms with van der Waals surface area (Å²) in [5.74, 6) is 0.772. The van der Waals surface area contributed by atoms with E-state index in [1.807, 2.05) is 24.3 Å². The van der Waals surface area contributed by atoms with Gasteiger partial charge in [-0.25, -0.2) is 0 Å². The molecule has 27 heavy (non-hydrogen) atoms. The molecule has 0 saturated carbocycles. The van der Waals surface area contributed by atoms with Crippen molar-refractivity contribution in [1.82, 2.24) is 15.5 Å². The predicted octanol–water partition coefficient (Wildman–Crippen LogP) is 2.36. The second kappa shape index (κ2) is 10.1. The van der Waals surface area contributed by atoms with Gasteiger partial charge < -0.3 is 15.4 Å². The van der Waals surface area contributed by atoms with Gasteiger partial charge in [-0.1, -0.05) is 18.2 Å². The van der Waals surface area contributed by atoms with Gasteiger partial charge in [0, 0.05) is 38.1 Å². The van der Waals surface area contributed by atoms with Gasteiger partial charge in [0.15, 0.2) is 5.96 Å². The monoisotopic (exact) mass is 383 g/mol. The molecule has 1 atom stereocenters. The molecule has 142 valence electrons. The average Bonchev–Trinajstić information content (AvgIpc) is 3.26. The first kappa shape index (κ1) is 19.4. The Morgan fingerprint density at radius 1 is 1.26 bits per heavy atom. The Kier molecular flexibility index (Phi) is 7.22. The van der Waals surface area contributed by atoms with E-state index in [0.717, 1.165) is 44.4 Å². The van der Waals surface area contributed by atoms with Crippen molar-refractivity contribution in [2.45, 2.75) is 12.6 Å². The summed E-state index contributed by atoms with van der Waals surface area (Å²) in [6.07, 6.45) is 0. The molecular formula is C20H25N5OS. The summed E-state index contributed by atoms with van der Waals surface area (Å²) in [5, 5.41) is 17.8. The highest BCUT2D eigenvalue weighted by Gasteiger charge is 2.23. The van der Waals surface area contributed by atoms with E-state index >= 15 is 0 Å². The lowest BCUT2D eigenvalue weighted by Gasteiger charge is -2.34. The third-order valence-corrected chi connectivity index (χ3v) is 5.56. The van der Waals surface area contributed by atoms with Crippen LogP contribution in [0.3, 0.4) is 0 Å². The van der Waals surface area contributed by atoms with Crippen LogP contribution >= 0.6 is 11.3 Å². The minimum atomic E-state index is 0.308. The van der Waals surface area contributed by atoms with Gasteiger partial charge >= 0.3 is 0 Å². The molecule has 3 rings (SSSR count). The first-order valence-corrected chi connectivity index (χ1v) is 9.97. The summed E-state index contributed by atoms with van der Waals surface area (Å²) in [6, 6.07) is 14.3. The number of ether oxygens (including phenoxy) is 1. The van der Waals surface area contributed by atoms with Gasteiger partial charge in [0.25, 0.3) is 0 Å². The van der Waals surface area contributed by atoms with Crippen LogP contribution in [0.5, 0.6) is 0 Å². The number of nitrogens with one attached hydrogen (secondary N) is 2. The van der Waals surface area contributed by atoms with Crippen molar-refractivity contribution in [3.63, 3.8) is 0 Å². The fraction of sp³-hybridized carbons (Fsp3) is 0.400. The third kappa shape index (κ3) is 5.54. The Morgan fingerprint density at radius 2 is 2.04 bits per heavy atom. The summed E-state index contributed by atoms with van der Waals surface area (Å²) in [4.78, 5) is 8.16. The van der Waals surface area contributed by atoms with E-state index < -0.39 is 0 Å². The summed E-state index contributed by atoms with van der Waals surface area (Å²) < 4.78 is 5.50. The summed E-state index contributed by atoms with van der Waals surface area (Å²) in [7, 11) is 1.78. The number of hydrogen-bond donors (Lipinski definition) is 2. The van der Waals surface area contributed by atoms with E-state index in [0.29, 0.717) is 18.2 Å². The van der Waals surface area contributed by atoms with Crippen LogP contribution in [0.25, 0.3) is 0 Å². The van der Waals surface area contributed by atoms with Gasteiger partial charge in [0.2, 0.25) is 0 Å². The van der Waals surface area contributed by atoms with Gasteiger partial charge in [-0.15, -0.1) is 11.3 Å². The zero-order valence-corrected chi connectivity index (χ0v) is 16.3. The van der Waals surface area contributed by atoms with Crippen LogP contribution in [-0.4, -0.2) is 50.8 Å². The van der Waals surface area contributed by atoms with Crippen molar-refractivity contribution in [3.8, 4) is 6.07 Å². The molecule has 0 spiro atoms. The summed E-state index contributed by atoms with van der Waals surface area (Å²) >= 11 is 1.79. The van der Waals surface area contributed by atoms with Crippen LogP contribution in [0.2, 0.25) is 0 Å².